The van der Waals surface area contributed by atoms with E-state index in [-0.39, 0.29) is 25.1 Å². The van der Waals surface area contributed by atoms with E-state index in [0.29, 0.717) is 0 Å². The Hall–Kier alpha value is -0.570. The second-order valence-electron chi connectivity index (χ2n) is 2.89. The van der Waals surface area contributed by atoms with Gasteiger partial charge in [0.2, 0.25) is 0 Å². The molecular weight excluding hydrogens is 186 g/mol. The first-order chi connectivity index (χ1) is 5.77. The van der Waals surface area contributed by atoms with Crippen molar-refractivity contribution in [1.29, 1.82) is 0 Å². The fraction of sp³-hybridized carbons (Fsp3) is 0.400. The first-order valence-corrected chi connectivity index (χ1v) is 4.23. The minimum Gasteiger partial charge on any atom is -0.394 e. The Kier molecular flexibility index (Phi) is 5.71. The molecule has 2 nitrogen and oxygen atoms in total. The molecule has 0 fully saturated rings. The predicted molar refractivity (Wildman–Crippen MR) is 57.1 cm³/mol. The molecule has 1 aromatic carbocycles. The fourth-order valence-corrected chi connectivity index (χ4v) is 1.15. The smallest absolute Gasteiger partial charge is 0.0624 e. The summed E-state index contributed by atoms with van der Waals surface area (Å²) in [5.41, 5.74) is 7.94. The van der Waals surface area contributed by atoms with Gasteiger partial charge in [-0.2, -0.15) is 0 Å². The molecule has 0 radical (unpaired) electrons. The molecule has 0 amide bonds. The highest BCUT2D eigenvalue weighted by Crippen LogP contribution is 2.11. The standard InChI is InChI=1S/C10H15NO.ClH/c1-2-8-4-3-5-9(6-8)10(11)7-12;/h3-6,10,12H,2,7,11H2,1H3;1H/t10-;/m1./s1. The second-order valence-corrected chi connectivity index (χ2v) is 2.89. The van der Waals surface area contributed by atoms with E-state index in [4.69, 9.17) is 10.8 Å². The van der Waals surface area contributed by atoms with Crippen LogP contribution in [0.4, 0.5) is 0 Å². The lowest BCUT2D eigenvalue weighted by atomic mass is 10.0. The van der Waals surface area contributed by atoms with Crippen molar-refractivity contribution in [2.45, 2.75) is 19.4 Å². The molecule has 3 N–H and O–H groups in total. The van der Waals surface area contributed by atoms with Crippen LogP contribution in [0, 0.1) is 0 Å². The SMILES string of the molecule is CCc1cccc([C@H](N)CO)c1.Cl. The van der Waals surface area contributed by atoms with Gasteiger partial charge in [-0.1, -0.05) is 31.2 Å². The summed E-state index contributed by atoms with van der Waals surface area (Å²) in [5.74, 6) is 0. The fourth-order valence-electron chi connectivity index (χ4n) is 1.15. The zero-order chi connectivity index (χ0) is 8.97. The molecule has 74 valence electrons. The van der Waals surface area contributed by atoms with Crippen LogP contribution in [0.15, 0.2) is 24.3 Å². The zero-order valence-electron chi connectivity index (χ0n) is 7.73. The average molecular weight is 202 g/mol. The van der Waals surface area contributed by atoms with Crippen LogP contribution in [0.2, 0.25) is 0 Å². The summed E-state index contributed by atoms with van der Waals surface area (Å²) in [7, 11) is 0. The topological polar surface area (TPSA) is 46.2 Å². The summed E-state index contributed by atoms with van der Waals surface area (Å²) in [6.45, 7) is 2.11. The molecule has 0 unspecified atom stereocenters. The molecule has 13 heavy (non-hydrogen) atoms. The molecule has 0 saturated carbocycles. The Balaban J connectivity index is 0.00000144. The van der Waals surface area contributed by atoms with Gasteiger partial charge < -0.3 is 10.8 Å². The first-order valence-electron chi connectivity index (χ1n) is 4.23. The molecule has 0 aliphatic heterocycles. The first kappa shape index (κ1) is 12.4. The number of rotatable bonds is 3. The van der Waals surface area contributed by atoms with Gasteiger partial charge in [-0.3, -0.25) is 0 Å². The molecule has 1 aromatic rings. The summed E-state index contributed by atoms with van der Waals surface area (Å²) in [6.07, 6.45) is 1.01. The van der Waals surface area contributed by atoms with Gasteiger partial charge in [0, 0.05) is 0 Å². The third-order valence-electron chi connectivity index (χ3n) is 1.98. The number of halogens is 1. The number of aliphatic hydroxyl groups is 1. The third kappa shape index (κ3) is 3.35. The zero-order valence-corrected chi connectivity index (χ0v) is 8.55. The van der Waals surface area contributed by atoms with Crippen LogP contribution in [0.5, 0.6) is 0 Å². The van der Waals surface area contributed by atoms with Crippen molar-refractivity contribution in [3.63, 3.8) is 0 Å². The van der Waals surface area contributed by atoms with E-state index in [9.17, 15) is 0 Å². The molecule has 3 heteroatoms. The maximum Gasteiger partial charge on any atom is 0.0624 e. The molecule has 0 aliphatic rings. The third-order valence-corrected chi connectivity index (χ3v) is 1.98. The van der Waals surface area contributed by atoms with E-state index in [2.05, 4.69) is 13.0 Å². The number of aliphatic hydroxyl groups excluding tert-OH is 1. The van der Waals surface area contributed by atoms with E-state index in [0.717, 1.165) is 12.0 Å². The van der Waals surface area contributed by atoms with Crippen molar-refractivity contribution < 1.29 is 5.11 Å². The van der Waals surface area contributed by atoms with Gasteiger partial charge in [-0.05, 0) is 17.5 Å². The van der Waals surface area contributed by atoms with E-state index >= 15 is 0 Å². The summed E-state index contributed by atoms with van der Waals surface area (Å²) in [4.78, 5) is 0. The van der Waals surface area contributed by atoms with Crippen LogP contribution in [0.25, 0.3) is 0 Å². The largest absolute Gasteiger partial charge is 0.394 e. The van der Waals surface area contributed by atoms with Crippen molar-refractivity contribution in [3.05, 3.63) is 35.4 Å². The number of hydrogen-bond donors (Lipinski definition) is 2. The lowest BCUT2D eigenvalue weighted by molar-refractivity contribution is 0.268. The van der Waals surface area contributed by atoms with Crippen LogP contribution in [-0.4, -0.2) is 11.7 Å². The van der Waals surface area contributed by atoms with E-state index in [1.165, 1.54) is 5.56 Å². The van der Waals surface area contributed by atoms with Gasteiger partial charge in [0.25, 0.3) is 0 Å². The van der Waals surface area contributed by atoms with Gasteiger partial charge in [-0.25, -0.2) is 0 Å². The number of aryl methyl sites for hydroxylation is 1. The molecule has 0 aliphatic carbocycles. The van der Waals surface area contributed by atoms with Crippen molar-refractivity contribution in [2.75, 3.05) is 6.61 Å². The molecule has 0 spiro atoms. The molecule has 0 heterocycles. The van der Waals surface area contributed by atoms with Gasteiger partial charge >= 0.3 is 0 Å². The Morgan fingerprint density at radius 2 is 2.15 bits per heavy atom. The Morgan fingerprint density at radius 1 is 1.46 bits per heavy atom. The van der Waals surface area contributed by atoms with Gasteiger partial charge in [-0.15, -0.1) is 12.4 Å². The minimum absolute atomic E-state index is 0. The van der Waals surface area contributed by atoms with Crippen LogP contribution in [-0.2, 0) is 6.42 Å². The van der Waals surface area contributed by atoms with Crippen molar-refractivity contribution >= 4 is 12.4 Å². The Labute approximate surface area is 85.2 Å². The highest BCUT2D eigenvalue weighted by molar-refractivity contribution is 5.85. The quantitative estimate of drug-likeness (QED) is 0.782. The maximum absolute atomic E-state index is 8.83. The van der Waals surface area contributed by atoms with E-state index in [1.54, 1.807) is 0 Å². The van der Waals surface area contributed by atoms with Crippen molar-refractivity contribution in [3.8, 4) is 0 Å². The molecule has 1 atom stereocenters. The molecule has 0 saturated heterocycles. The summed E-state index contributed by atoms with van der Waals surface area (Å²) >= 11 is 0. The summed E-state index contributed by atoms with van der Waals surface area (Å²) in [5, 5.41) is 8.83. The van der Waals surface area contributed by atoms with E-state index in [1.807, 2.05) is 18.2 Å². The Morgan fingerprint density at radius 3 is 2.69 bits per heavy atom. The molecule has 1 rings (SSSR count). The van der Waals surface area contributed by atoms with Crippen LogP contribution in [0.3, 0.4) is 0 Å². The molecule has 0 bridgehead atoms. The van der Waals surface area contributed by atoms with E-state index < -0.39 is 0 Å². The Bertz CT molecular complexity index is 252. The predicted octanol–water partition coefficient (Wildman–Crippen LogP) is 1.66. The average Bonchev–Trinajstić information content (AvgIpc) is 2.17. The minimum atomic E-state index is -0.239. The van der Waals surface area contributed by atoms with Crippen LogP contribution < -0.4 is 5.73 Å². The highest BCUT2D eigenvalue weighted by atomic mass is 35.5. The lowest BCUT2D eigenvalue weighted by Gasteiger charge is -2.09. The lowest BCUT2D eigenvalue weighted by Crippen LogP contribution is -2.14. The van der Waals surface area contributed by atoms with Gasteiger partial charge in [0.05, 0.1) is 12.6 Å². The monoisotopic (exact) mass is 201 g/mol. The number of benzene rings is 1. The maximum atomic E-state index is 8.83. The van der Waals surface area contributed by atoms with Crippen LogP contribution in [0.1, 0.15) is 24.1 Å². The van der Waals surface area contributed by atoms with Crippen molar-refractivity contribution in [2.24, 2.45) is 5.73 Å². The molecular formula is C10H16ClNO. The van der Waals surface area contributed by atoms with Crippen molar-refractivity contribution in [1.82, 2.24) is 0 Å². The molecule has 0 aromatic heterocycles. The second kappa shape index (κ2) is 5.97. The number of nitrogens with two attached hydrogens (primary N) is 1. The van der Waals surface area contributed by atoms with Gasteiger partial charge in [0.15, 0.2) is 0 Å². The van der Waals surface area contributed by atoms with Gasteiger partial charge in [0.1, 0.15) is 0 Å². The number of hydrogen-bond acceptors (Lipinski definition) is 2. The highest BCUT2D eigenvalue weighted by Gasteiger charge is 2.03. The summed E-state index contributed by atoms with van der Waals surface area (Å²) in [6, 6.07) is 7.79. The van der Waals surface area contributed by atoms with Crippen LogP contribution >= 0.6 is 12.4 Å². The normalized spacial score (nSPS) is 11.9. The summed E-state index contributed by atoms with van der Waals surface area (Å²) < 4.78 is 0.